The molecule has 1 aliphatic rings. The van der Waals surface area contributed by atoms with Crippen molar-refractivity contribution >= 4 is 12.0 Å². The van der Waals surface area contributed by atoms with Crippen LogP contribution in [0.3, 0.4) is 0 Å². The number of hydrogen-bond donors (Lipinski definition) is 2. The van der Waals surface area contributed by atoms with Gasteiger partial charge in [-0.25, -0.2) is 9.59 Å². The third-order valence-corrected chi connectivity index (χ3v) is 3.70. The molecule has 1 saturated heterocycles. The standard InChI is InChI=1S/C13H24N2O4/c1-5-10(8(2)3)14-13(18)15-7-9(19-4)6-11(15)12(16)17/h8-11H,5-7H2,1-4H3,(H,14,18)(H,16,17). The van der Waals surface area contributed by atoms with E-state index in [0.717, 1.165) is 6.42 Å². The van der Waals surface area contributed by atoms with E-state index in [0.29, 0.717) is 18.9 Å². The number of urea groups is 1. The quantitative estimate of drug-likeness (QED) is 0.790. The SMILES string of the molecule is CCC(NC(=O)N1CC(OC)CC1C(=O)O)C(C)C. The highest BCUT2D eigenvalue weighted by atomic mass is 16.5. The summed E-state index contributed by atoms with van der Waals surface area (Å²) in [6.07, 6.45) is 0.964. The highest BCUT2D eigenvalue weighted by Crippen LogP contribution is 2.21. The van der Waals surface area contributed by atoms with Gasteiger partial charge in [-0.05, 0) is 12.3 Å². The molecule has 0 aromatic rings. The topological polar surface area (TPSA) is 78.9 Å². The van der Waals surface area contributed by atoms with E-state index in [-0.39, 0.29) is 18.2 Å². The number of likely N-dealkylation sites (tertiary alicyclic amines) is 1. The van der Waals surface area contributed by atoms with Gasteiger partial charge < -0.3 is 20.1 Å². The lowest BCUT2D eigenvalue weighted by atomic mass is 10.0. The van der Waals surface area contributed by atoms with Crippen molar-refractivity contribution in [3.05, 3.63) is 0 Å². The molecule has 0 aromatic carbocycles. The van der Waals surface area contributed by atoms with E-state index in [1.807, 2.05) is 20.8 Å². The highest BCUT2D eigenvalue weighted by Gasteiger charge is 2.40. The van der Waals surface area contributed by atoms with Crippen LogP contribution in [0.4, 0.5) is 4.79 Å². The fourth-order valence-corrected chi connectivity index (χ4v) is 2.41. The van der Waals surface area contributed by atoms with E-state index >= 15 is 0 Å². The number of carboxylic acids is 1. The molecule has 0 bridgehead atoms. The second kappa shape index (κ2) is 6.75. The maximum Gasteiger partial charge on any atom is 0.326 e. The maximum atomic E-state index is 12.2. The van der Waals surface area contributed by atoms with Crippen LogP contribution in [0.25, 0.3) is 0 Å². The molecule has 0 aromatic heterocycles. The monoisotopic (exact) mass is 272 g/mol. The Hall–Kier alpha value is -1.30. The molecule has 1 fully saturated rings. The molecule has 1 aliphatic heterocycles. The molecule has 110 valence electrons. The molecular formula is C13H24N2O4. The minimum absolute atomic E-state index is 0.0588. The molecule has 6 nitrogen and oxygen atoms in total. The summed E-state index contributed by atoms with van der Waals surface area (Å²) >= 11 is 0. The average molecular weight is 272 g/mol. The van der Waals surface area contributed by atoms with E-state index < -0.39 is 12.0 Å². The van der Waals surface area contributed by atoms with Crippen LogP contribution < -0.4 is 5.32 Å². The van der Waals surface area contributed by atoms with Crippen LogP contribution in [0.1, 0.15) is 33.6 Å². The number of carbonyl (C=O) groups excluding carboxylic acids is 1. The largest absolute Gasteiger partial charge is 0.480 e. The average Bonchev–Trinajstić information content (AvgIpc) is 2.79. The van der Waals surface area contributed by atoms with Gasteiger partial charge in [-0.3, -0.25) is 0 Å². The van der Waals surface area contributed by atoms with Crippen molar-refractivity contribution in [1.29, 1.82) is 0 Å². The summed E-state index contributed by atoms with van der Waals surface area (Å²) in [6, 6.07) is -1.05. The van der Waals surface area contributed by atoms with Gasteiger partial charge in [0.25, 0.3) is 0 Å². The van der Waals surface area contributed by atoms with Crippen LogP contribution in [-0.2, 0) is 9.53 Å². The lowest BCUT2D eigenvalue weighted by Gasteiger charge is -2.27. The first-order valence-electron chi connectivity index (χ1n) is 6.73. The van der Waals surface area contributed by atoms with Crippen LogP contribution in [0.2, 0.25) is 0 Å². The zero-order valence-corrected chi connectivity index (χ0v) is 12.0. The predicted molar refractivity (Wildman–Crippen MR) is 71.0 cm³/mol. The molecule has 2 N–H and O–H groups in total. The molecule has 0 aliphatic carbocycles. The number of methoxy groups -OCH3 is 1. The summed E-state index contributed by atoms with van der Waals surface area (Å²) in [6.45, 7) is 6.39. The first-order valence-corrected chi connectivity index (χ1v) is 6.73. The third-order valence-electron chi connectivity index (χ3n) is 3.70. The zero-order chi connectivity index (χ0) is 14.6. The molecule has 3 unspecified atom stereocenters. The fraction of sp³-hybridized carbons (Fsp3) is 0.846. The number of rotatable bonds is 5. The number of ether oxygens (including phenoxy) is 1. The van der Waals surface area contributed by atoms with Gasteiger partial charge in [-0.2, -0.15) is 0 Å². The summed E-state index contributed by atoms with van der Waals surface area (Å²) < 4.78 is 5.17. The van der Waals surface area contributed by atoms with E-state index in [4.69, 9.17) is 9.84 Å². The normalized spacial score (nSPS) is 24.6. The number of nitrogens with one attached hydrogen (secondary N) is 1. The second-order valence-corrected chi connectivity index (χ2v) is 5.31. The van der Waals surface area contributed by atoms with Gasteiger partial charge in [-0.15, -0.1) is 0 Å². The summed E-state index contributed by atoms with van der Waals surface area (Å²) in [5, 5.41) is 12.1. The van der Waals surface area contributed by atoms with Gasteiger partial charge >= 0.3 is 12.0 Å². The maximum absolute atomic E-state index is 12.2. The lowest BCUT2D eigenvalue weighted by molar-refractivity contribution is -0.141. The Morgan fingerprint density at radius 2 is 2.11 bits per heavy atom. The molecule has 1 rings (SSSR count). The van der Waals surface area contributed by atoms with Crippen molar-refractivity contribution in [2.24, 2.45) is 5.92 Å². The molecule has 6 heteroatoms. The van der Waals surface area contributed by atoms with Crippen LogP contribution in [-0.4, -0.2) is 53.8 Å². The van der Waals surface area contributed by atoms with Gasteiger partial charge in [0, 0.05) is 26.1 Å². The first-order chi connectivity index (χ1) is 8.90. The Labute approximate surface area is 114 Å². The molecule has 3 atom stereocenters. The Morgan fingerprint density at radius 3 is 2.53 bits per heavy atom. The number of amides is 2. The smallest absolute Gasteiger partial charge is 0.326 e. The molecular weight excluding hydrogens is 248 g/mol. The van der Waals surface area contributed by atoms with Crippen molar-refractivity contribution < 1.29 is 19.4 Å². The second-order valence-electron chi connectivity index (χ2n) is 5.31. The van der Waals surface area contributed by atoms with Crippen LogP contribution in [0.15, 0.2) is 0 Å². The number of nitrogens with zero attached hydrogens (tertiary/aromatic N) is 1. The summed E-state index contributed by atoms with van der Waals surface area (Å²) in [5.74, 6) is -0.662. The Bertz CT molecular complexity index is 333. The Morgan fingerprint density at radius 1 is 1.47 bits per heavy atom. The Kier molecular flexibility index (Phi) is 5.60. The van der Waals surface area contributed by atoms with Gasteiger partial charge in [0.1, 0.15) is 6.04 Å². The fourth-order valence-electron chi connectivity index (χ4n) is 2.41. The predicted octanol–water partition coefficient (Wildman–Crippen LogP) is 1.30. The number of aliphatic carboxylic acids is 1. The summed E-state index contributed by atoms with van der Waals surface area (Å²) in [4.78, 5) is 24.7. The number of carboxylic acid groups (broad SMARTS) is 1. The molecule has 0 radical (unpaired) electrons. The molecule has 0 spiro atoms. The van der Waals surface area contributed by atoms with Gasteiger partial charge in [-0.1, -0.05) is 20.8 Å². The van der Waals surface area contributed by atoms with E-state index in [2.05, 4.69) is 5.32 Å². The number of hydrogen-bond acceptors (Lipinski definition) is 3. The molecule has 2 amide bonds. The lowest BCUT2D eigenvalue weighted by Crippen LogP contribution is -2.50. The first kappa shape index (κ1) is 15.8. The van der Waals surface area contributed by atoms with E-state index in [9.17, 15) is 9.59 Å². The van der Waals surface area contributed by atoms with Gasteiger partial charge in [0.05, 0.1) is 6.10 Å². The van der Waals surface area contributed by atoms with Crippen molar-refractivity contribution in [3.8, 4) is 0 Å². The summed E-state index contributed by atoms with van der Waals surface area (Å²) in [5.41, 5.74) is 0. The molecule has 1 heterocycles. The minimum atomic E-state index is -0.979. The summed E-state index contributed by atoms with van der Waals surface area (Å²) in [7, 11) is 1.54. The van der Waals surface area contributed by atoms with Crippen molar-refractivity contribution in [3.63, 3.8) is 0 Å². The van der Waals surface area contributed by atoms with Crippen LogP contribution in [0.5, 0.6) is 0 Å². The third kappa shape index (κ3) is 3.83. The van der Waals surface area contributed by atoms with Crippen LogP contribution >= 0.6 is 0 Å². The molecule has 0 saturated carbocycles. The number of carbonyl (C=O) groups is 2. The Balaban J connectivity index is 2.71. The van der Waals surface area contributed by atoms with Crippen molar-refractivity contribution in [2.75, 3.05) is 13.7 Å². The molecule has 19 heavy (non-hydrogen) atoms. The van der Waals surface area contributed by atoms with Crippen molar-refractivity contribution in [1.82, 2.24) is 10.2 Å². The highest BCUT2D eigenvalue weighted by molar-refractivity contribution is 5.83. The van der Waals surface area contributed by atoms with E-state index in [1.165, 1.54) is 12.0 Å². The van der Waals surface area contributed by atoms with E-state index in [1.54, 1.807) is 0 Å². The van der Waals surface area contributed by atoms with Gasteiger partial charge in [0.15, 0.2) is 0 Å². The minimum Gasteiger partial charge on any atom is -0.480 e. The van der Waals surface area contributed by atoms with Crippen molar-refractivity contribution in [2.45, 2.75) is 51.8 Å². The van der Waals surface area contributed by atoms with Crippen LogP contribution in [0, 0.1) is 5.92 Å². The van der Waals surface area contributed by atoms with Gasteiger partial charge in [0.2, 0.25) is 0 Å². The zero-order valence-electron chi connectivity index (χ0n) is 12.0.